The Kier molecular flexibility index (Phi) is 16.8. The van der Waals surface area contributed by atoms with Gasteiger partial charge >= 0.3 is 0 Å². The van der Waals surface area contributed by atoms with E-state index in [1.54, 1.807) is 12.1 Å². The zero-order valence-electron chi connectivity index (χ0n) is 18.7. The Morgan fingerprint density at radius 1 is 0.759 bits per heavy atom. The number of unbranched alkanes of at least 4 members (excludes halogenated alkanes) is 16. The molecule has 1 amide bonds. The van der Waals surface area contributed by atoms with Crippen LogP contribution in [-0.4, -0.2) is 12.2 Å². The van der Waals surface area contributed by atoms with Crippen molar-refractivity contribution in [2.75, 3.05) is 5.32 Å². The van der Waals surface area contributed by atoms with Gasteiger partial charge in [0.25, 0.3) is 0 Å². The van der Waals surface area contributed by atoms with Gasteiger partial charge < -0.3 is 5.32 Å². The van der Waals surface area contributed by atoms with Gasteiger partial charge in [-0.3, -0.25) is 9.59 Å². The topological polar surface area (TPSA) is 46.2 Å². The van der Waals surface area contributed by atoms with E-state index >= 15 is 0 Å². The molecule has 1 aromatic heterocycles. The molecular weight excluding hydrogens is 378 g/mol. The van der Waals surface area contributed by atoms with E-state index in [9.17, 15) is 9.59 Å². The van der Waals surface area contributed by atoms with E-state index in [2.05, 4.69) is 12.2 Å². The Bertz CT molecular complexity index is 527. The number of rotatable bonds is 20. The smallest absolute Gasteiger partial charge is 0.224 e. The fraction of sp³-hybridized carbons (Fsp3) is 0.760. The van der Waals surface area contributed by atoms with Gasteiger partial charge in [-0.2, -0.15) is 0 Å². The lowest BCUT2D eigenvalue weighted by atomic mass is 10.0. The molecular formula is C25H43NO2S. The Balaban J connectivity index is 1.77. The molecule has 0 bridgehead atoms. The second kappa shape index (κ2) is 18.8. The lowest BCUT2D eigenvalue weighted by molar-refractivity contribution is -0.116. The molecule has 0 aliphatic carbocycles. The first-order valence-corrected chi connectivity index (χ1v) is 12.9. The molecule has 1 heterocycles. The average Bonchev–Trinajstić information content (AvgIpc) is 3.17. The summed E-state index contributed by atoms with van der Waals surface area (Å²) in [7, 11) is 0. The summed E-state index contributed by atoms with van der Waals surface area (Å²) >= 11 is 1.33. The molecule has 0 saturated carbocycles. The average molecular weight is 422 g/mol. The van der Waals surface area contributed by atoms with Crippen LogP contribution in [0.4, 0.5) is 5.00 Å². The first-order valence-electron chi connectivity index (χ1n) is 12.1. The predicted molar refractivity (Wildman–Crippen MR) is 127 cm³/mol. The van der Waals surface area contributed by atoms with Crippen molar-refractivity contribution < 1.29 is 9.59 Å². The molecule has 0 saturated heterocycles. The molecule has 3 nitrogen and oxygen atoms in total. The number of nitrogens with one attached hydrogen (secondary N) is 1. The van der Waals surface area contributed by atoms with Crippen LogP contribution in [0.2, 0.25) is 0 Å². The van der Waals surface area contributed by atoms with Gasteiger partial charge in [0.1, 0.15) is 0 Å². The summed E-state index contributed by atoms with van der Waals surface area (Å²) in [4.78, 5) is 23.2. The fourth-order valence-corrected chi connectivity index (χ4v) is 4.43. The molecule has 0 aliphatic rings. The summed E-state index contributed by atoms with van der Waals surface area (Å²) in [6, 6.07) is 3.53. The predicted octanol–water partition coefficient (Wildman–Crippen LogP) is 8.54. The first-order chi connectivity index (χ1) is 14.3. The number of aldehydes is 1. The van der Waals surface area contributed by atoms with Gasteiger partial charge in [0, 0.05) is 6.42 Å². The third kappa shape index (κ3) is 15.4. The highest BCUT2D eigenvalue weighted by Gasteiger charge is 2.04. The molecule has 4 heteroatoms. The van der Waals surface area contributed by atoms with Crippen LogP contribution in [0.15, 0.2) is 12.1 Å². The number of amides is 1. The largest absolute Gasteiger partial charge is 0.318 e. The Morgan fingerprint density at radius 2 is 1.21 bits per heavy atom. The van der Waals surface area contributed by atoms with Gasteiger partial charge in [-0.05, 0) is 18.6 Å². The molecule has 29 heavy (non-hydrogen) atoms. The second-order valence-electron chi connectivity index (χ2n) is 8.27. The van der Waals surface area contributed by atoms with Gasteiger partial charge in [0.2, 0.25) is 5.91 Å². The van der Waals surface area contributed by atoms with Gasteiger partial charge in [-0.25, -0.2) is 0 Å². The van der Waals surface area contributed by atoms with Crippen LogP contribution in [0, 0.1) is 0 Å². The van der Waals surface area contributed by atoms with Crippen LogP contribution in [-0.2, 0) is 4.79 Å². The number of thiophene rings is 1. The van der Waals surface area contributed by atoms with E-state index in [1.165, 1.54) is 108 Å². The monoisotopic (exact) mass is 421 g/mol. The summed E-state index contributed by atoms with van der Waals surface area (Å²) in [6.07, 6.45) is 24.3. The summed E-state index contributed by atoms with van der Waals surface area (Å²) < 4.78 is 0. The third-order valence-corrected chi connectivity index (χ3v) is 6.44. The van der Waals surface area contributed by atoms with E-state index in [-0.39, 0.29) is 5.91 Å². The number of carbonyl (C=O) groups is 2. The Hall–Kier alpha value is -1.16. The van der Waals surface area contributed by atoms with Crippen molar-refractivity contribution in [3.63, 3.8) is 0 Å². The van der Waals surface area contributed by atoms with Crippen LogP contribution < -0.4 is 5.32 Å². The molecule has 0 unspecified atom stereocenters. The van der Waals surface area contributed by atoms with Crippen LogP contribution in [0.5, 0.6) is 0 Å². The van der Waals surface area contributed by atoms with Gasteiger partial charge in [-0.1, -0.05) is 110 Å². The maximum Gasteiger partial charge on any atom is 0.224 e. The summed E-state index contributed by atoms with van der Waals surface area (Å²) in [5.74, 6) is 0.0604. The van der Waals surface area contributed by atoms with Crippen LogP contribution in [0.25, 0.3) is 0 Å². The van der Waals surface area contributed by atoms with E-state index in [4.69, 9.17) is 0 Å². The summed E-state index contributed by atoms with van der Waals surface area (Å²) in [5.41, 5.74) is 0. The second-order valence-corrected chi connectivity index (χ2v) is 9.39. The molecule has 1 aromatic rings. The van der Waals surface area contributed by atoms with Crippen molar-refractivity contribution in [1.82, 2.24) is 0 Å². The molecule has 0 atom stereocenters. The first kappa shape index (κ1) is 25.9. The molecule has 0 spiro atoms. The zero-order chi connectivity index (χ0) is 21.0. The van der Waals surface area contributed by atoms with Crippen LogP contribution in [0.3, 0.4) is 0 Å². The minimum atomic E-state index is 0.0604. The van der Waals surface area contributed by atoms with E-state index in [1.807, 2.05) is 0 Å². The van der Waals surface area contributed by atoms with Gasteiger partial charge in [0.05, 0.1) is 9.88 Å². The van der Waals surface area contributed by atoms with Crippen molar-refractivity contribution in [3.05, 3.63) is 17.0 Å². The molecule has 166 valence electrons. The zero-order valence-corrected chi connectivity index (χ0v) is 19.5. The lowest BCUT2D eigenvalue weighted by Gasteiger charge is -2.04. The minimum absolute atomic E-state index is 0.0604. The number of hydrogen-bond acceptors (Lipinski definition) is 3. The normalized spacial score (nSPS) is 10.9. The fourth-order valence-electron chi connectivity index (χ4n) is 3.69. The number of carbonyl (C=O) groups excluding carboxylic acids is 2. The van der Waals surface area contributed by atoms with Gasteiger partial charge in [0.15, 0.2) is 6.29 Å². The molecule has 1 N–H and O–H groups in total. The highest BCUT2D eigenvalue weighted by molar-refractivity contribution is 7.17. The molecule has 0 aliphatic heterocycles. The SMILES string of the molecule is CCCCCCCCCCCCCCCCCCCC(=O)Nc1ccc(C=O)s1. The van der Waals surface area contributed by atoms with Crippen molar-refractivity contribution >= 4 is 28.5 Å². The highest BCUT2D eigenvalue weighted by atomic mass is 32.1. The molecule has 1 rings (SSSR count). The quantitative estimate of drug-likeness (QED) is 0.169. The third-order valence-electron chi connectivity index (χ3n) is 5.51. The number of hydrogen-bond donors (Lipinski definition) is 1. The van der Waals surface area contributed by atoms with E-state index in [0.29, 0.717) is 11.3 Å². The van der Waals surface area contributed by atoms with Crippen molar-refractivity contribution in [2.24, 2.45) is 0 Å². The highest BCUT2D eigenvalue weighted by Crippen LogP contribution is 2.20. The van der Waals surface area contributed by atoms with Crippen LogP contribution >= 0.6 is 11.3 Å². The summed E-state index contributed by atoms with van der Waals surface area (Å²) in [5, 5.41) is 3.64. The van der Waals surface area contributed by atoms with Gasteiger partial charge in [-0.15, -0.1) is 11.3 Å². The maximum atomic E-state index is 11.9. The number of anilines is 1. The minimum Gasteiger partial charge on any atom is -0.318 e. The van der Waals surface area contributed by atoms with Crippen molar-refractivity contribution in [1.29, 1.82) is 0 Å². The van der Waals surface area contributed by atoms with Crippen molar-refractivity contribution in [2.45, 2.75) is 122 Å². The molecule has 0 fully saturated rings. The van der Waals surface area contributed by atoms with Crippen LogP contribution in [0.1, 0.15) is 132 Å². The van der Waals surface area contributed by atoms with E-state index < -0.39 is 0 Å². The lowest BCUT2D eigenvalue weighted by Crippen LogP contribution is -2.09. The molecule has 0 radical (unpaired) electrons. The maximum absolute atomic E-state index is 11.9. The Morgan fingerprint density at radius 3 is 1.62 bits per heavy atom. The molecule has 0 aromatic carbocycles. The summed E-state index contributed by atoms with van der Waals surface area (Å²) in [6.45, 7) is 2.28. The Labute approximate surface area is 183 Å². The standard InChI is InChI=1S/C25H43NO2S/c1-2-3-4-5-6-7-8-9-10-11-12-13-14-15-16-17-18-19-24(28)26-25-21-20-23(22-27)29-25/h20-22H,2-19H2,1H3,(H,26,28). The van der Waals surface area contributed by atoms with E-state index in [0.717, 1.165) is 24.1 Å². The van der Waals surface area contributed by atoms with Crippen molar-refractivity contribution in [3.8, 4) is 0 Å².